The minimum absolute atomic E-state index is 0.231. The fourth-order valence-electron chi connectivity index (χ4n) is 2.44. The van der Waals surface area contributed by atoms with E-state index in [-0.39, 0.29) is 5.54 Å². The van der Waals surface area contributed by atoms with E-state index in [9.17, 15) is 0 Å². The van der Waals surface area contributed by atoms with Crippen LogP contribution in [0.25, 0.3) is 6.08 Å². The van der Waals surface area contributed by atoms with Crippen LogP contribution in [0.5, 0.6) is 0 Å². The molecule has 0 saturated carbocycles. The number of benzene rings is 1. The zero-order valence-corrected chi connectivity index (χ0v) is 12.5. The van der Waals surface area contributed by atoms with Gasteiger partial charge >= 0.3 is 0 Å². The van der Waals surface area contributed by atoms with Gasteiger partial charge in [0, 0.05) is 18.1 Å². The molecule has 0 radical (unpaired) electrons. The molecular formula is C17H27N. The van der Waals surface area contributed by atoms with Gasteiger partial charge in [-0.3, -0.25) is 4.90 Å². The largest absolute Gasteiger partial charge is 0.296 e. The van der Waals surface area contributed by atoms with Crippen LogP contribution in [0.1, 0.15) is 45.7 Å². The second kappa shape index (κ2) is 6.19. The quantitative estimate of drug-likeness (QED) is 0.744. The third kappa shape index (κ3) is 4.30. The molecule has 1 rings (SSSR count). The van der Waals surface area contributed by atoms with E-state index in [2.05, 4.69) is 70.4 Å². The molecule has 100 valence electrons. The number of rotatable bonds is 5. The van der Waals surface area contributed by atoms with Gasteiger partial charge in [0.05, 0.1) is 0 Å². The first-order chi connectivity index (χ1) is 8.34. The predicted octanol–water partition coefficient (Wildman–Crippen LogP) is 4.38. The van der Waals surface area contributed by atoms with Crippen LogP contribution < -0.4 is 0 Å². The monoisotopic (exact) mass is 245 g/mol. The molecule has 18 heavy (non-hydrogen) atoms. The molecule has 0 fully saturated rings. The maximum atomic E-state index is 3.78. The van der Waals surface area contributed by atoms with Crippen LogP contribution in [0.3, 0.4) is 0 Å². The first kappa shape index (κ1) is 15.0. The van der Waals surface area contributed by atoms with E-state index in [4.69, 9.17) is 0 Å². The summed E-state index contributed by atoms with van der Waals surface area (Å²) in [7, 11) is 0. The number of hydrogen-bond donors (Lipinski definition) is 0. The van der Waals surface area contributed by atoms with E-state index in [1.54, 1.807) is 0 Å². The molecule has 1 nitrogen and oxygen atoms in total. The fraction of sp³-hybridized carbons (Fsp3) is 0.529. The van der Waals surface area contributed by atoms with Crippen LogP contribution in [0, 0.1) is 0 Å². The van der Waals surface area contributed by atoms with E-state index in [0.717, 1.165) is 13.0 Å². The van der Waals surface area contributed by atoms with Gasteiger partial charge in [0.25, 0.3) is 0 Å². The molecule has 0 aliphatic carbocycles. The van der Waals surface area contributed by atoms with Gasteiger partial charge in [0.2, 0.25) is 0 Å². The molecule has 1 heteroatoms. The summed E-state index contributed by atoms with van der Waals surface area (Å²) in [5.41, 5.74) is 2.82. The fourth-order valence-corrected chi connectivity index (χ4v) is 2.44. The SMILES string of the molecule is C=Cc1ccc(CCN(C(C)C)C(C)(C)C)cc1. The van der Waals surface area contributed by atoms with Crippen molar-refractivity contribution in [2.24, 2.45) is 0 Å². The third-order valence-electron chi connectivity index (χ3n) is 3.34. The Kier molecular flexibility index (Phi) is 5.15. The lowest BCUT2D eigenvalue weighted by atomic mass is 10.0. The highest BCUT2D eigenvalue weighted by Crippen LogP contribution is 2.18. The summed E-state index contributed by atoms with van der Waals surface area (Å²) >= 11 is 0. The van der Waals surface area contributed by atoms with E-state index >= 15 is 0 Å². The van der Waals surface area contributed by atoms with Crippen molar-refractivity contribution in [2.75, 3.05) is 6.54 Å². The van der Waals surface area contributed by atoms with Crippen molar-refractivity contribution in [3.8, 4) is 0 Å². The van der Waals surface area contributed by atoms with Gasteiger partial charge in [0.1, 0.15) is 0 Å². The van der Waals surface area contributed by atoms with Crippen molar-refractivity contribution in [3.05, 3.63) is 42.0 Å². The topological polar surface area (TPSA) is 3.24 Å². The third-order valence-corrected chi connectivity index (χ3v) is 3.34. The Balaban J connectivity index is 2.64. The molecule has 0 heterocycles. The smallest absolute Gasteiger partial charge is 0.0127 e. The summed E-state index contributed by atoms with van der Waals surface area (Å²) in [6.45, 7) is 16.3. The number of nitrogens with zero attached hydrogens (tertiary/aromatic N) is 1. The molecule has 0 N–H and O–H groups in total. The van der Waals surface area contributed by atoms with E-state index in [0.29, 0.717) is 6.04 Å². The first-order valence-electron chi connectivity index (χ1n) is 6.82. The van der Waals surface area contributed by atoms with Crippen LogP contribution >= 0.6 is 0 Å². The van der Waals surface area contributed by atoms with E-state index in [1.165, 1.54) is 11.1 Å². The number of hydrogen-bond acceptors (Lipinski definition) is 1. The molecule has 0 unspecified atom stereocenters. The normalized spacial score (nSPS) is 12.2. The van der Waals surface area contributed by atoms with Gasteiger partial charge in [-0.25, -0.2) is 0 Å². The van der Waals surface area contributed by atoms with Crippen molar-refractivity contribution in [1.82, 2.24) is 4.90 Å². The lowest BCUT2D eigenvalue weighted by Crippen LogP contribution is -2.46. The predicted molar refractivity (Wildman–Crippen MR) is 81.8 cm³/mol. The summed E-state index contributed by atoms with van der Waals surface area (Å²) in [6.07, 6.45) is 2.99. The molecule has 0 aromatic heterocycles. The van der Waals surface area contributed by atoms with Crippen molar-refractivity contribution < 1.29 is 0 Å². The molecule has 1 aromatic carbocycles. The van der Waals surface area contributed by atoms with Crippen LogP contribution in [-0.4, -0.2) is 23.0 Å². The van der Waals surface area contributed by atoms with Crippen LogP contribution in [0.4, 0.5) is 0 Å². The second-order valence-electron chi connectivity index (χ2n) is 6.15. The van der Waals surface area contributed by atoms with E-state index in [1.807, 2.05) is 6.08 Å². The van der Waals surface area contributed by atoms with Gasteiger partial charge in [-0.2, -0.15) is 0 Å². The molecule has 0 aliphatic heterocycles. The van der Waals surface area contributed by atoms with Crippen molar-refractivity contribution >= 4 is 6.08 Å². The second-order valence-corrected chi connectivity index (χ2v) is 6.15. The molecule has 0 bridgehead atoms. The first-order valence-corrected chi connectivity index (χ1v) is 6.82. The van der Waals surface area contributed by atoms with Crippen molar-refractivity contribution in [1.29, 1.82) is 0 Å². The van der Waals surface area contributed by atoms with Gasteiger partial charge in [-0.05, 0) is 52.2 Å². The zero-order chi connectivity index (χ0) is 13.8. The lowest BCUT2D eigenvalue weighted by molar-refractivity contribution is 0.101. The average molecular weight is 245 g/mol. The minimum Gasteiger partial charge on any atom is -0.296 e. The highest BCUT2D eigenvalue weighted by Gasteiger charge is 2.23. The van der Waals surface area contributed by atoms with Crippen molar-refractivity contribution in [2.45, 2.75) is 52.6 Å². The average Bonchev–Trinajstić information content (AvgIpc) is 2.28. The lowest BCUT2D eigenvalue weighted by Gasteiger charge is -2.39. The van der Waals surface area contributed by atoms with Gasteiger partial charge < -0.3 is 0 Å². The van der Waals surface area contributed by atoms with Gasteiger partial charge in [0.15, 0.2) is 0 Å². The molecule has 0 spiro atoms. The minimum atomic E-state index is 0.231. The maximum Gasteiger partial charge on any atom is 0.0127 e. The van der Waals surface area contributed by atoms with Gasteiger partial charge in [-0.15, -0.1) is 0 Å². The highest BCUT2D eigenvalue weighted by molar-refractivity contribution is 5.47. The maximum absolute atomic E-state index is 3.78. The van der Waals surface area contributed by atoms with E-state index < -0.39 is 0 Å². The molecule has 0 amide bonds. The summed E-state index contributed by atoms with van der Waals surface area (Å²) in [6, 6.07) is 9.27. The zero-order valence-electron chi connectivity index (χ0n) is 12.5. The summed E-state index contributed by atoms with van der Waals surface area (Å²) in [5, 5.41) is 0. The highest BCUT2D eigenvalue weighted by atomic mass is 15.2. The molecule has 0 atom stereocenters. The molecule has 0 aliphatic rings. The summed E-state index contributed by atoms with van der Waals surface area (Å²) in [4.78, 5) is 2.55. The Labute approximate surface area is 113 Å². The molecule has 1 aromatic rings. The Morgan fingerprint density at radius 3 is 2.11 bits per heavy atom. The Bertz CT molecular complexity index is 368. The Morgan fingerprint density at radius 2 is 1.72 bits per heavy atom. The summed E-state index contributed by atoms with van der Waals surface area (Å²) in [5.74, 6) is 0. The van der Waals surface area contributed by atoms with Crippen LogP contribution in [0.15, 0.2) is 30.8 Å². The Hall–Kier alpha value is -1.08. The standard InChI is InChI=1S/C17H27N/c1-7-15-8-10-16(11-9-15)12-13-18(14(2)3)17(4,5)6/h7-11,14H,1,12-13H2,2-6H3. The summed E-state index contributed by atoms with van der Waals surface area (Å²) < 4.78 is 0. The Morgan fingerprint density at radius 1 is 1.17 bits per heavy atom. The van der Waals surface area contributed by atoms with Gasteiger partial charge in [-0.1, -0.05) is 36.9 Å². The van der Waals surface area contributed by atoms with Crippen molar-refractivity contribution in [3.63, 3.8) is 0 Å². The van der Waals surface area contributed by atoms with Crippen LogP contribution in [-0.2, 0) is 6.42 Å². The molecular weight excluding hydrogens is 218 g/mol. The molecule has 0 saturated heterocycles. The van der Waals surface area contributed by atoms with Crippen LogP contribution in [0.2, 0.25) is 0 Å².